The van der Waals surface area contributed by atoms with Gasteiger partial charge in [-0.05, 0) is 18.4 Å². The van der Waals surface area contributed by atoms with E-state index in [2.05, 4.69) is 15.2 Å². The molecule has 1 N–H and O–H groups in total. The number of H-pyrrole nitrogens is 1. The smallest absolute Gasteiger partial charge is 0.268 e. The first-order chi connectivity index (χ1) is 8.72. The second kappa shape index (κ2) is 3.95. The van der Waals surface area contributed by atoms with Crippen LogP contribution in [0.25, 0.3) is 0 Å². The number of fused-ring (bicyclic) bond motifs is 1. The molecule has 2 heterocycles. The van der Waals surface area contributed by atoms with E-state index >= 15 is 0 Å². The Hall–Kier alpha value is -2.15. The molecule has 0 bridgehead atoms. The first-order valence-corrected chi connectivity index (χ1v) is 6.39. The molecule has 0 radical (unpaired) electrons. The van der Waals surface area contributed by atoms with Crippen LogP contribution >= 0.6 is 11.8 Å². The van der Waals surface area contributed by atoms with Crippen molar-refractivity contribution >= 4 is 29.5 Å². The molecule has 1 aromatic heterocycles. The van der Waals surface area contributed by atoms with Crippen LogP contribution in [0.2, 0.25) is 0 Å². The first-order valence-electron chi connectivity index (χ1n) is 5.16. The van der Waals surface area contributed by atoms with Crippen molar-refractivity contribution in [3.8, 4) is 0 Å². The maximum absolute atomic E-state index is 12.1. The van der Waals surface area contributed by atoms with Crippen molar-refractivity contribution in [2.45, 2.75) is 5.16 Å². The number of thioether (sulfide) groups is 1. The van der Waals surface area contributed by atoms with Crippen molar-refractivity contribution in [1.29, 1.82) is 0 Å². The van der Waals surface area contributed by atoms with E-state index in [9.17, 15) is 9.59 Å². The third-order valence-electron chi connectivity index (χ3n) is 2.64. The number of benzene rings is 1. The lowest BCUT2D eigenvalue weighted by molar-refractivity contribution is 0.0924. The zero-order valence-corrected chi connectivity index (χ0v) is 10.2. The number of nitrogens with one attached hydrogen (secondary N) is 1. The Labute approximate surface area is 106 Å². The van der Waals surface area contributed by atoms with Crippen LogP contribution in [0.5, 0.6) is 0 Å². The van der Waals surface area contributed by atoms with Crippen LogP contribution in [-0.4, -0.2) is 33.3 Å². The van der Waals surface area contributed by atoms with Crippen LogP contribution in [0, 0.1) is 0 Å². The quantitative estimate of drug-likeness (QED) is 0.651. The van der Waals surface area contributed by atoms with E-state index in [1.807, 2.05) is 6.26 Å². The number of anilines is 1. The number of carbonyl (C=O) groups excluding carboxylic acids is 2. The van der Waals surface area contributed by atoms with Crippen molar-refractivity contribution in [1.82, 2.24) is 15.2 Å². The summed E-state index contributed by atoms with van der Waals surface area (Å²) in [6, 6.07) is 6.70. The van der Waals surface area contributed by atoms with E-state index in [1.54, 1.807) is 24.3 Å². The predicted molar refractivity (Wildman–Crippen MR) is 65.7 cm³/mol. The SMILES string of the molecule is CSc1n[nH]c(N2C(=O)c3ccccc3C2=O)n1. The van der Waals surface area contributed by atoms with E-state index in [0.29, 0.717) is 16.3 Å². The summed E-state index contributed by atoms with van der Waals surface area (Å²) in [5, 5.41) is 6.98. The highest BCUT2D eigenvalue weighted by Gasteiger charge is 2.38. The van der Waals surface area contributed by atoms with E-state index in [4.69, 9.17) is 0 Å². The lowest BCUT2D eigenvalue weighted by Crippen LogP contribution is -2.30. The van der Waals surface area contributed by atoms with Gasteiger partial charge in [0.1, 0.15) is 0 Å². The van der Waals surface area contributed by atoms with Gasteiger partial charge in [0.15, 0.2) is 0 Å². The number of hydrogen-bond donors (Lipinski definition) is 1. The summed E-state index contributed by atoms with van der Waals surface area (Å²) in [6.07, 6.45) is 1.81. The second-order valence-corrected chi connectivity index (χ2v) is 4.41. The van der Waals surface area contributed by atoms with Crippen LogP contribution in [0.4, 0.5) is 5.95 Å². The maximum Gasteiger partial charge on any atom is 0.268 e. The van der Waals surface area contributed by atoms with Crippen molar-refractivity contribution in [3.05, 3.63) is 35.4 Å². The number of nitrogens with zero attached hydrogens (tertiary/aromatic N) is 3. The number of aromatic amines is 1. The Balaban J connectivity index is 2.06. The Morgan fingerprint density at radius 1 is 1.17 bits per heavy atom. The van der Waals surface area contributed by atoms with Gasteiger partial charge in [-0.3, -0.25) is 9.59 Å². The average molecular weight is 260 g/mol. The summed E-state index contributed by atoms with van der Waals surface area (Å²) in [6.45, 7) is 0. The fourth-order valence-corrected chi connectivity index (χ4v) is 2.13. The zero-order chi connectivity index (χ0) is 12.7. The molecule has 0 unspecified atom stereocenters. The average Bonchev–Trinajstić information content (AvgIpc) is 2.95. The summed E-state index contributed by atoms with van der Waals surface area (Å²) in [4.78, 5) is 29.3. The van der Waals surface area contributed by atoms with Gasteiger partial charge in [-0.2, -0.15) is 4.98 Å². The monoisotopic (exact) mass is 260 g/mol. The molecular formula is C11H8N4O2S. The first kappa shape index (κ1) is 11.0. The number of amides is 2. The fourth-order valence-electron chi connectivity index (χ4n) is 1.81. The molecule has 0 saturated heterocycles. The molecule has 2 aromatic rings. The van der Waals surface area contributed by atoms with Gasteiger partial charge in [-0.25, -0.2) is 10.00 Å². The zero-order valence-electron chi connectivity index (χ0n) is 9.38. The molecule has 1 aromatic carbocycles. The third-order valence-corrected chi connectivity index (χ3v) is 3.19. The normalized spacial score (nSPS) is 14.2. The molecule has 3 rings (SSSR count). The largest absolute Gasteiger partial charge is 0.268 e. The Bertz CT molecular complexity index is 617. The van der Waals surface area contributed by atoms with Gasteiger partial charge >= 0.3 is 0 Å². The molecule has 0 fully saturated rings. The summed E-state index contributed by atoms with van der Waals surface area (Å²) in [7, 11) is 0. The lowest BCUT2D eigenvalue weighted by atomic mass is 10.1. The minimum Gasteiger partial charge on any atom is -0.268 e. The van der Waals surface area contributed by atoms with Crippen LogP contribution in [0.15, 0.2) is 29.4 Å². The molecule has 18 heavy (non-hydrogen) atoms. The molecule has 7 heteroatoms. The van der Waals surface area contributed by atoms with Gasteiger partial charge < -0.3 is 0 Å². The van der Waals surface area contributed by atoms with Gasteiger partial charge in [0.25, 0.3) is 11.8 Å². The number of hydrogen-bond acceptors (Lipinski definition) is 5. The minimum atomic E-state index is -0.376. The van der Waals surface area contributed by atoms with Gasteiger partial charge in [-0.15, -0.1) is 5.10 Å². The van der Waals surface area contributed by atoms with Gasteiger partial charge in [0, 0.05) is 0 Å². The maximum atomic E-state index is 12.1. The summed E-state index contributed by atoms with van der Waals surface area (Å²) < 4.78 is 0. The van der Waals surface area contributed by atoms with Crippen molar-refractivity contribution in [3.63, 3.8) is 0 Å². The molecule has 1 aliphatic heterocycles. The van der Waals surface area contributed by atoms with E-state index in [0.717, 1.165) is 4.90 Å². The van der Waals surface area contributed by atoms with Crippen molar-refractivity contribution in [2.75, 3.05) is 11.2 Å². The van der Waals surface area contributed by atoms with Gasteiger partial charge in [-0.1, -0.05) is 23.9 Å². The molecule has 0 atom stereocenters. The number of aromatic nitrogens is 3. The molecular weight excluding hydrogens is 252 g/mol. The highest BCUT2D eigenvalue weighted by atomic mass is 32.2. The van der Waals surface area contributed by atoms with Crippen LogP contribution in [0.1, 0.15) is 20.7 Å². The molecule has 0 spiro atoms. The Morgan fingerprint density at radius 2 is 1.78 bits per heavy atom. The number of carbonyl (C=O) groups is 2. The molecule has 2 amide bonds. The van der Waals surface area contributed by atoms with Crippen LogP contribution < -0.4 is 4.90 Å². The third kappa shape index (κ3) is 1.44. The van der Waals surface area contributed by atoms with E-state index in [-0.39, 0.29) is 17.8 Å². The van der Waals surface area contributed by atoms with Crippen molar-refractivity contribution < 1.29 is 9.59 Å². The second-order valence-electron chi connectivity index (χ2n) is 3.64. The van der Waals surface area contributed by atoms with Gasteiger partial charge in [0.2, 0.25) is 11.1 Å². The number of rotatable bonds is 2. The van der Waals surface area contributed by atoms with E-state index < -0.39 is 0 Å². The molecule has 0 aliphatic carbocycles. The van der Waals surface area contributed by atoms with Crippen molar-refractivity contribution in [2.24, 2.45) is 0 Å². The minimum absolute atomic E-state index is 0.158. The predicted octanol–water partition coefficient (Wildman–Crippen LogP) is 1.33. The highest BCUT2D eigenvalue weighted by Crippen LogP contribution is 2.26. The lowest BCUT2D eigenvalue weighted by Gasteiger charge is -2.07. The number of imide groups is 1. The summed E-state index contributed by atoms with van der Waals surface area (Å²) >= 11 is 1.33. The Kier molecular flexibility index (Phi) is 2.41. The van der Waals surface area contributed by atoms with Crippen LogP contribution in [-0.2, 0) is 0 Å². The molecule has 6 nitrogen and oxygen atoms in total. The van der Waals surface area contributed by atoms with Gasteiger partial charge in [0.05, 0.1) is 11.1 Å². The topological polar surface area (TPSA) is 79.0 Å². The molecule has 90 valence electrons. The Morgan fingerprint density at radius 3 is 2.28 bits per heavy atom. The van der Waals surface area contributed by atoms with Crippen LogP contribution in [0.3, 0.4) is 0 Å². The highest BCUT2D eigenvalue weighted by molar-refractivity contribution is 7.98. The summed E-state index contributed by atoms with van der Waals surface area (Å²) in [5.41, 5.74) is 0.786. The fraction of sp³-hybridized carbons (Fsp3) is 0.0909. The molecule has 1 aliphatic rings. The summed E-state index contributed by atoms with van der Waals surface area (Å²) in [5.74, 6) is -0.593. The van der Waals surface area contributed by atoms with E-state index in [1.165, 1.54) is 11.8 Å². The standard InChI is InChI=1S/C11H8N4O2S/c1-18-11-12-10(13-14-11)15-8(16)6-4-2-3-5-7(6)9(15)17/h2-5H,1H3,(H,12,13,14). The molecule has 0 saturated carbocycles.